The molecular weight excluding hydrogens is 238 g/mol. The molecule has 92 valence electrons. The first-order valence-electron chi connectivity index (χ1n) is 5.90. The van der Waals surface area contributed by atoms with E-state index in [2.05, 4.69) is 10.3 Å². The minimum Gasteiger partial charge on any atom is -0.298 e. The van der Waals surface area contributed by atoms with Gasteiger partial charge in [0.25, 0.3) is 0 Å². The van der Waals surface area contributed by atoms with Crippen LogP contribution in [-0.2, 0) is 0 Å². The van der Waals surface area contributed by atoms with E-state index in [-0.39, 0.29) is 0 Å². The van der Waals surface area contributed by atoms with Gasteiger partial charge in [0, 0.05) is 11.1 Å². The van der Waals surface area contributed by atoms with Crippen molar-refractivity contribution in [3.05, 3.63) is 66.4 Å². The maximum absolute atomic E-state index is 10.8. The van der Waals surface area contributed by atoms with Gasteiger partial charge in [-0.25, -0.2) is 4.68 Å². The zero-order chi connectivity index (χ0) is 13.1. The number of carbonyl (C=O) groups excluding carboxylic acids is 1. The fraction of sp³-hybridized carbons (Fsp3) is 0. The standard InChI is InChI=1S/C15H11N3O/c19-11-12-5-4-6-13(9-12)15-10-16-17-18(15)14-7-2-1-3-8-14/h1-11H. The average molecular weight is 249 g/mol. The maximum atomic E-state index is 10.8. The van der Waals surface area contributed by atoms with Crippen molar-refractivity contribution in [3.63, 3.8) is 0 Å². The molecular formula is C15H11N3O. The van der Waals surface area contributed by atoms with E-state index >= 15 is 0 Å². The summed E-state index contributed by atoms with van der Waals surface area (Å²) in [5.74, 6) is 0. The number of hydrogen-bond acceptors (Lipinski definition) is 3. The van der Waals surface area contributed by atoms with Crippen molar-refractivity contribution >= 4 is 6.29 Å². The second kappa shape index (κ2) is 4.86. The topological polar surface area (TPSA) is 47.8 Å². The molecule has 0 atom stereocenters. The molecule has 4 heteroatoms. The van der Waals surface area contributed by atoms with Crippen LogP contribution in [0.2, 0.25) is 0 Å². The number of carbonyl (C=O) groups is 1. The monoisotopic (exact) mass is 249 g/mol. The number of para-hydroxylation sites is 1. The van der Waals surface area contributed by atoms with E-state index in [1.807, 2.05) is 48.5 Å². The van der Waals surface area contributed by atoms with Crippen molar-refractivity contribution in [3.8, 4) is 16.9 Å². The van der Waals surface area contributed by atoms with E-state index in [9.17, 15) is 4.79 Å². The van der Waals surface area contributed by atoms with Crippen LogP contribution >= 0.6 is 0 Å². The third-order valence-electron chi connectivity index (χ3n) is 2.87. The van der Waals surface area contributed by atoms with Crippen LogP contribution in [0.5, 0.6) is 0 Å². The second-order valence-electron chi connectivity index (χ2n) is 4.11. The third-order valence-corrected chi connectivity index (χ3v) is 2.87. The van der Waals surface area contributed by atoms with E-state index < -0.39 is 0 Å². The molecule has 19 heavy (non-hydrogen) atoms. The van der Waals surface area contributed by atoms with Gasteiger partial charge in [0.1, 0.15) is 6.29 Å². The normalized spacial score (nSPS) is 10.3. The summed E-state index contributed by atoms with van der Waals surface area (Å²) in [4.78, 5) is 10.8. The van der Waals surface area contributed by atoms with Crippen LogP contribution in [0.4, 0.5) is 0 Å². The van der Waals surface area contributed by atoms with Crippen LogP contribution in [0.15, 0.2) is 60.8 Å². The van der Waals surface area contributed by atoms with Crippen LogP contribution < -0.4 is 0 Å². The van der Waals surface area contributed by atoms with Crippen molar-refractivity contribution < 1.29 is 4.79 Å². The average Bonchev–Trinajstić information content (AvgIpc) is 2.98. The predicted octanol–water partition coefficient (Wildman–Crippen LogP) is 2.75. The summed E-state index contributed by atoms with van der Waals surface area (Å²) in [6, 6.07) is 17.1. The van der Waals surface area contributed by atoms with Gasteiger partial charge >= 0.3 is 0 Å². The maximum Gasteiger partial charge on any atom is 0.150 e. The van der Waals surface area contributed by atoms with Crippen LogP contribution in [-0.4, -0.2) is 21.3 Å². The fourth-order valence-electron chi connectivity index (χ4n) is 1.96. The first-order valence-corrected chi connectivity index (χ1v) is 5.90. The van der Waals surface area contributed by atoms with Crippen molar-refractivity contribution in [2.24, 2.45) is 0 Å². The van der Waals surface area contributed by atoms with Gasteiger partial charge in [-0.15, -0.1) is 5.10 Å². The molecule has 4 nitrogen and oxygen atoms in total. The lowest BCUT2D eigenvalue weighted by Gasteiger charge is -2.06. The number of nitrogens with zero attached hydrogens (tertiary/aromatic N) is 3. The molecule has 0 aliphatic carbocycles. The summed E-state index contributed by atoms with van der Waals surface area (Å²) in [6.45, 7) is 0. The Balaban J connectivity index is 2.12. The SMILES string of the molecule is O=Cc1cccc(-c2cnnn2-c2ccccc2)c1. The highest BCUT2D eigenvalue weighted by Gasteiger charge is 2.08. The van der Waals surface area contributed by atoms with E-state index in [1.54, 1.807) is 16.9 Å². The van der Waals surface area contributed by atoms with Crippen LogP contribution in [0.1, 0.15) is 10.4 Å². The van der Waals surface area contributed by atoms with E-state index in [0.29, 0.717) is 5.56 Å². The molecule has 0 saturated heterocycles. The van der Waals surface area contributed by atoms with E-state index in [4.69, 9.17) is 0 Å². The summed E-state index contributed by atoms with van der Waals surface area (Å²) in [5.41, 5.74) is 3.35. The molecule has 0 radical (unpaired) electrons. The Hall–Kier alpha value is -2.75. The lowest BCUT2D eigenvalue weighted by atomic mass is 10.1. The summed E-state index contributed by atoms with van der Waals surface area (Å²) in [7, 11) is 0. The Morgan fingerprint density at radius 3 is 2.63 bits per heavy atom. The zero-order valence-corrected chi connectivity index (χ0v) is 10.1. The fourth-order valence-corrected chi connectivity index (χ4v) is 1.96. The highest BCUT2D eigenvalue weighted by atomic mass is 16.1. The first-order chi connectivity index (χ1) is 9.38. The Kier molecular flexibility index (Phi) is 2.90. The van der Waals surface area contributed by atoms with Crippen molar-refractivity contribution in [1.82, 2.24) is 15.0 Å². The highest BCUT2D eigenvalue weighted by molar-refractivity contribution is 5.78. The van der Waals surface area contributed by atoms with Gasteiger partial charge in [-0.1, -0.05) is 41.6 Å². The Labute approximate surface area is 110 Å². The number of aldehydes is 1. The highest BCUT2D eigenvalue weighted by Crippen LogP contribution is 2.21. The van der Waals surface area contributed by atoms with Crippen LogP contribution in [0.3, 0.4) is 0 Å². The second-order valence-corrected chi connectivity index (χ2v) is 4.11. The minimum absolute atomic E-state index is 0.637. The molecule has 0 unspecified atom stereocenters. The van der Waals surface area contributed by atoms with Gasteiger partial charge in [-0.3, -0.25) is 4.79 Å². The molecule has 0 aliphatic heterocycles. The third kappa shape index (κ3) is 2.15. The Bertz CT molecular complexity index is 704. The summed E-state index contributed by atoms with van der Waals surface area (Å²) < 4.78 is 1.75. The van der Waals surface area contributed by atoms with Crippen LogP contribution in [0, 0.1) is 0 Å². The molecule has 0 fully saturated rings. The summed E-state index contributed by atoms with van der Waals surface area (Å²) in [6.07, 6.45) is 2.52. The molecule has 2 aromatic carbocycles. The number of benzene rings is 2. The molecule has 3 aromatic rings. The lowest BCUT2D eigenvalue weighted by molar-refractivity contribution is 0.112. The smallest absolute Gasteiger partial charge is 0.150 e. The van der Waals surface area contributed by atoms with Gasteiger partial charge in [0.05, 0.1) is 17.6 Å². The minimum atomic E-state index is 0.637. The van der Waals surface area contributed by atoms with Crippen molar-refractivity contribution in [2.45, 2.75) is 0 Å². The molecule has 0 bridgehead atoms. The molecule has 1 heterocycles. The first kappa shape index (κ1) is 11.3. The zero-order valence-electron chi connectivity index (χ0n) is 10.1. The number of rotatable bonds is 3. The largest absolute Gasteiger partial charge is 0.298 e. The van der Waals surface area contributed by atoms with Crippen LogP contribution in [0.25, 0.3) is 16.9 Å². The molecule has 0 saturated carbocycles. The lowest BCUT2D eigenvalue weighted by Crippen LogP contribution is -1.99. The molecule has 3 rings (SSSR count). The van der Waals surface area contributed by atoms with Gasteiger partial charge in [-0.05, 0) is 18.2 Å². The van der Waals surface area contributed by atoms with E-state index in [0.717, 1.165) is 23.2 Å². The van der Waals surface area contributed by atoms with Gasteiger partial charge in [-0.2, -0.15) is 0 Å². The van der Waals surface area contributed by atoms with Crippen molar-refractivity contribution in [2.75, 3.05) is 0 Å². The van der Waals surface area contributed by atoms with Gasteiger partial charge < -0.3 is 0 Å². The Morgan fingerprint density at radius 2 is 1.84 bits per heavy atom. The predicted molar refractivity (Wildman–Crippen MR) is 72.2 cm³/mol. The number of hydrogen-bond donors (Lipinski definition) is 0. The summed E-state index contributed by atoms with van der Waals surface area (Å²) >= 11 is 0. The van der Waals surface area contributed by atoms with Gasteiger partial charge in [0.2, 0.25) is 0 Å². The molecule has 0 spiro atoms. The molecule has 0 N–H and O–H groups in total. The van der Waals surface area contributed by atoms with Crippen molar-refractivity contribution in [1.29, 1.82) is 0 Å². The van der Waals surface area contributed by atoms with Gasteiger partial charge in [0.15, 0.2) is 0 Å². The Morgan fingerprint density at radius 1 is 1.00 bits per heavy atom. The molecule has 0 amide bonds. The molecule has 0 aliphatic rings. The molecule has 1 aromatic heterocycles. The van der Waals surface area contributed by atoms with E-state index in [1.165, 1.54) is 0 Å². The summed E-state index contributed by atoms with van der Waals surface area (Å²) in [5, 5.41) is 8.05. The number of aromatic nitrogens is 3. The quantitative estimate of drug-likeness (QED) is 0.670.